The van der Waals surface area contributed by atoms with Gasteiger partial charge in [-0.3, -0.25) is 0 Å². The van der Waals surface area contributed by atoms with Crippen molar-refractivity contribution in [2.45, 2.75) is 10.3 Å². The fourth-order valence-electron chi connectivity index (χ4n) is 2.39. The maximum absolute atomic E-state index is 9.61. The van der Waals surface area contributed by atoms with Crippen molar-refractivity contribution >= 4 is 45.7 Å². The van der Waals surface area contributed by atoms with Crippen LogP contribution in [0.3, 0.4) is 0 Å². The summed E-state index contributed by atoms with van der Waals surface area (Å²) in [7, 11) is 4.03. The van der Waals surface area contributed by atoms with Gasteiger partial charge in [-0.1, -0.05) is 17.8 Å². The highest BCUT2D eigenvalue weighted by molar-refractivity contribution is 14.1. The van der Waals surface area contributed by atoms with Crippen LogP contribution in [0, 0.1) is 3.57 Å². The second-order valence-electron chi connectivity index (χ2n) is 4.72. The second-order valence-corrected chi connectivity index (χ2v) is 7.01. The van der Waals surface area contributed by atoms with Gasteiger partial charge in [-0.25, -0.2) is 0 Å². The van der Waals surface area contributed by atoms with E-state index in [9.17, 15) is 5.11 Å². The van der Waals surface area contributed by atoms with Crippen LogP contribution in [-0.4, -0.2) is 19.2 Å². The molecule has 0 aromatic heterocycles. The number of hydrogen-bond donors (Lipinski definition) is 2. The van der Waals surface area contributed by atoms with Crippen LogP contribution in [-0.2, 0) is 0 Å². The predicted octanol–water partition coefficient (Wildman–Crippen LogP) is 4.28. The van der Waals surface area contributed by atoms with Crippen molar-refractivity contribution in [3.05, 3.63) is 45.5 Å². The minimum atomic E-state index is 0.256. The maximum Gasteiger partial charge on any atom is 0.116 e. The molecule has 0 bridgehead atoms. The Morgan fingerprint density at radius 1 is 1.25 bits per heavy atom. The van der Waals surface area contributed by atoms with E-state index >= 15 is 0 Å². The third-order valence-electron chi connectivity index (χ3n) is 3.46. The number of halogens is 1. The first-order valence-corrected chi connectivity index (χ1v) is 8.25. The van der Waals surface area contributed by atoms with Gasteiger partial charge in [0.2, 0.25) is 0 Å². The number of aromatic hydroxyl groups is 1. The minimum Gasteiger partial charge on any atom is -0.508 e. The van der Waals surface area contributed by atoms with Crippen LogP contribution < -0.4 is 10.2 Å². The van der Waals surface area contributed by atoms with Crippen molar-refractivity contribution in [3.63, 3.8) is 0 Å². The van der Waals surface area contributed by atoms with E-state index in [2.05, 4.69) is 58.1 Å². The Balaban J connectivity index is 1.95. The van der Waals surface area contributed by atoms with Crippen LogP contribution in [0.25, 0.3) is 0 Å². The molecule has 0 aliphatic carbocycles. The number of phenols is 1. The number of benzene rings is 2. The van der Waals surface area contributed by atoms with Gasteiger partial charge in [0, 0.05) is 28.2 Å². The molecule has 0 amide bonds. The first kappa shape index (κ1) is 13.9. The molecule has 20 heavy (non-hydrogen) atoms. The standard InChI is InChI=1S/C15H15IN2OS/c1-17-12-5-3-9(7-11(12)16)15-18(2)13-6-4-10(19)8-14(13)20-15/h3-8,15,17,19H,1-2H3. The first-order chi connectivity index (χ1) is 9.60. The Hall–Kier alpha value is -1.08. The smallest absolute Gasteiger partial charge is 0.116 e. The van der Waals surface area contributed by atoms with Crippen molar-refractivity contribution in [3.8, 4) is 5.75 Å². The van der Waals surface area contributed by atoms with Crippen molar-refractivity contribution in [1.29, 1.82) is 0 Å². The molecule has 3 rings (SSSR count). The van der Waals surface area contributed by atoms with Gasteiger partial charge >= 0.3 is 0 Å². The Labute approximate surface area is 136 Å². The molecule has 0 radical (unpaired) electrons. The second kappa shape index (κ2) is 5.37. The molecule has 1 heterocycles. The average molecular weight is 398 g/mol. The minimum absolute atomic E-state index is 0.256. The quantitative estimate of drug-likeness (QED) is 0.741. The molecule has 1 aliphatic rings. The largest absolute Gasteiger partial charge is 0.508 e. The van der Waals surface area contributed by atoms with E-state index in [0.717, 1.165) is 10.6 Å². The topological polar surface area (TPSA) is 35.5 Å². The van der Waals surface area contributed by atoms with Gasteiger partial charge in [0.1, 0.15) is 11.1 Å². The third kappa shape index (κ3) is 2.33. The molecule has 1 unspecified atom stereocenters. The lowest BCUT2D eigenvalue weighted by molar-refractivity contribution is 0.474. The summed E-state index contributed by atoms with van der Waals surface area (Å²) in [5, 5.41) is 13.1. The highest BCUT2D eigenvalue weighted by Crippen LogP contribution is 2.51. The zero-order chi connectivity index (χ0) is 14.3. The van der Waals surface area contributed by atoms with Gasteiger partial charge < -0.3 is 15.3 Å². The molecule has 2 N–H and O–H groups in total. The van der Waals surface area contributed by atoms with Crippen LogP contribution in [0.1, 0.15) is 10.9 Å². The van der Waals surface area contributed by atoms with Crippen LogP contribution in [0.4, 0.5) is 11.4 Å². The number of rotatable bonds is 2. The van der Waals surface area contributed by atoms with E-state index in [0.29, 0.717) is 5.75 Å². The molecule has 1 aliphatic heterocycles. The third-order valence-corrected chi connectivity index (χ3v) is 5.75. The van der Waals surface area contributed by atoms with Crippen molar-refractivity contribution in [2.24, 2.45) is 0 Å². The predicted molar refractivity (Wildman–Crippen MR) is 93.8 cm³/mol. The van der Waals surface area contributed by atoms with Gasteiger partial charge in [0.15, 0.2) is 0 Å². The van der Waals surface area contributed by atoms with Crippen molar-refractivity contribution in [2.75, 3.05) is 24.3 Å². The summed E-state index contributed by atoms with van der Waals surface area (Å²) in [6.07, 6.45) is 0. The average Bonchev–Trinajstić information content (AvgIpc) is 2.75. The summed E-state index contributed by atoms with van der Waals surface area (Å²) < 4.78 is 1.22. The summed E-state index contributed by atoms with van der Waals surface area (Å²) in [6.45, 7) is 0. The van der Waals surface area contributed by atoms with Gasteiger partial charge in [-0.15, -0.1) is 0 Å². The number of nitrogens with one attached hydrogen (secondary N) is 1. The lowest BCUT2D eigenvalue weighted by atomic mass is 10.2. The fraction of sp³-hybridized carbons (Fsp3) is 0.200. The van der Waals surface area contributed by atoms with E-state index in [1.54, 1.807) is 17.8 Å². The zero-order valence-corrected chi connectivity index (χ0v) is 14.2. The SMILES string of the molecule is CNc1ccc(C2Sc3cc(O)ccc3N2C)cc1I. The van der Waals surface area contributed by atoms with Crippen molar-refractivity contribution in [1.82, 2.24) is 0 Å². The summed E-state index contributed by atoms with van der Waals surface area (Å²) in [5.74, 6) is 0.324. The molecule has 2 aromatic rings. The molecular formula is C15H15IN2OS. The van der Waals surface area contributed by atoms with Crippen LogP contribution >= 0.6 is 34.4 Å². The summed E-state index contributed by atoms with van der Waals surface area (Å²) in [4.78, 5) is 3.38. The Morgan fingerprint density at radius 2 is 2.05 bits per heavy atom. The van der Waals surface area contributed by atoms with Crippen LogP contribution in [0.2, 0.25) is 0 Å². The molecule has 2 aromatic carbocycles. The number of anilines is 2. The summed E-state index contributed by atoms with van der Waals surface area (Å²) in [5.41, 5.74) is 3.59. The van der Waals surface area contributed by atoms with Gasteiger partial charge in [0.25, 0.3) is 0 Å². The van der Waals surface area contributed by atoms with Crippen molar-refractivity contribution < 1.29 is 5.11 Å². The lowest BCUT2D eigenvalue weighted by Crippen LogP contribution is -2.17. The highest BCUT2D eigenvalue weighted by Gasteiger charge is 2.29. The Bertz CT molecular complexity index is 662. The summed E-state index contributed by atoms with van der Waals surface area (Å²) in [6, 6.07) is 12.0. The molecule has 5 heteroatoms. The Morgan fingerprint density at radius 3 is 2.75 bits per heavy atom. The molecule has 104 valence electrons. The molecule has 1 atom stereocenters. The van der Waals surface area contributed by atoms with Gasteiger partial charge in [-0.05, 0) is 58.5 Å². The zero-order valence-electron chi connectivity index (χ0n) is 11.2. The molecule has 0 fully saturated rings. The number of thioether (sulfide) groups is 1. The number of fused-ring (bicyclic) bond motifs is 1. The highest BCUT2D eigenvalue weighted by atomic mass is 127. The van der Waals surface area contributed by atoms with Crippen LogP contribution in [0.15, 0.2) is 41.3 Å². The molecule has 0 spiro atoms. The molecule has 3 nitrogen and oxygen atoms in total. The molecule has 0 saturated heterocycles. The van der Waals surface area contributed by atoms with E-state index in [1.165, 1.54) is 14.8 Å². The summed E-state index contributed by atoms with van der Waals surface area (Å²) >= 11 is 4.13. The molecule has 0 saturated carbocycles. The van der Waals surface area contributed by atoms with E-state index < -0.39 is 0 Å². The normalized spacial score (nSPS) is 17.1. The fourth-order valence-corrected chi connectivity index (χ4v) is 4.52. The molecular weight excluding hydrogens is 383 g/mol. The van der Waals surface area contributed by atoms with E-state index in [1.807, 2.05) is 19.2 Å². The van der Waals surface area contributed by atoms with E-state index in [4.69, 9.17) is 0 Å². The van der Waals surface area contributed by atoms with E-state index in [-0.39, 0.29) is 5.37 Å². The lowest BCUT2D eigenvalue weighted by Gasteiger charge is -2.22. The van der Waals surface area contributed by atoms with Gasteiger partial charge in [-0.2, -0.15) is 0 Å². The van der Waals surface area contributed by atoms with Crippen LogP contribution in [0.5, 0.6) is 5.75 Å². The Kier molecular flexibility index (Phi) is 3.72. The monoisotopic (exact) mass is 398 g/mol. The number of phenolic OH excluding ortho intramolecular Hbond substituents is 1. The number of nitrogens with zero attached hydrogens (tertiary/aromatic N) is 1. The maximum atomic E-state index is 9.61. The number of hydrogen-bond acceptors (Lipinski definition) is 4. The first-order valence-electron chi connectivity index (χ1n) is 6.30. The van der Waals surface area contributed by atoms with Gasteiger partial charge in [0.05, 0.1) is 5.69 Å².